The van der Waals surface area contributed by atoms with E-state index in [0.717, 1.165) is 27.7 Å². The minimum Gasteiger partial charge on any atom is -0.501 e. The summed E-state index contributed by atoms with van der Waals surface area (Å²) in [4.78, 5) is 0. The zero-order chi connectivity index (χ0) is 21.8. The lowest BCUT2D eigenvalue weighted by molar-refractivity contribution is 0.120. The Bertz CT molecular complexity index is 931. The fourth-order valence-corrected chi connectivity index (χ4v) is 3.62. The van der Waals surface area contributed by atoms with E-state index >= 15 is 0 Å². The van der Waals surface area contributed by atoms with Crippen LogP contribution in [0.3, 0.4) is 0 Å². The summed E-state index contributed by atoms with van der Waals surface area (Å²) in [5, 5.41) is 21.1. The van der Waals surface area contributed by atoms with Gasteiger partial charge in [-0.05, 0) is 32.4 Å². The molecule has 0 bridgehead atoms. The van der Waals surface area contributed by atoms with Crippen molar-refractivity contribution in [1.82, 2.24) is 0 Å². The molecule has 0 spiro atoms. The highest BCUT2D eigenvalue weighted by molar-refractivity contribution is 6.01. The first-order valence-corrected chi connectivity index (χ1v) is 9.97. The molecule has 0 saturated carbocycles. The summed E-state index contributed by atoms with van der Waals surface area (Å²) in [6.07, 6.45) is 1.88. The third-order valence-corrected chi connectivity index (χ3v) is 5.00. The third-order valence-electron chi connectivity index (χ3n) is 5.00. The van der Waals surface area contributed by atoms with Crippen molar-refractivity contribution in [3.8, 4) is 23.0 Å². The lowest BCUT2D eigenvalue weighted by Gasteiger charge is -2.27. The minimum absolute atomic E-state index is 0.136. The number of aliphatic hydroxyl groups is 2. The summed E-state index contributed by atoms with van der Waals surface area (Å²) >= 11 is 0. The SMILES string of the molecule is COC1=CCc2c(c(OCC(C)O)c3c(OC)cc(OC)cc3c2OCC(C)O)C1. The number of fused-ring (bicyclic) bond motifs is 2. The quantitative estimate of drug-likeness (QED) is 0.647. The van der Waals surface area contributed by atoms with E-state index in [1.807, 2.05) is 12.1 Å². The monoisotopic (exact) mass is 418 g/mol. The molecule has 2 aromatic rings. The van der Waals surface area contributed by atoms with Crippen LogP contribution in [-0.2, 0) is 17.6 Å². The Labute approximate surface area is 176 Å². The summed E-state index contributed by atoms with van der Waals surface area (Å²) in [7, 11) is 4.82. The normalized spacial score (nSPS) is 15.1. The van der Waals surface area contributed by atoms with Gasteiger partial charge in [-0.2, -0.15) is 0 Å². The smallest absolute Gasteiger partial charge is 0.135 e. The van der Waals surface area contributed by atoms with Crippen LogP contribution in [0, 0.1) is 0 Å². The van der Waals surface area contributed by atoms with E-state index < -0.39 is 12.2 Å². The molecular formula is C23H30O7. The average molecular weight is 418 g/mol. The molecule has 30 heavy (non-hydrogen) atoms. The molecule has 0 radical (unpaired) electrons. The van der Waals surface area contributed by atoms with Crippen molar-refractivity contribution < 1.29 is 33.9 Å². The van der Waals surface area contributed by atoms with Gasteiger partial charge in [0.2, 0.25) is 0 Å². The van der Waals surface area contributed by atoms with Crippen molar-refractivity contribution in [3.63, 3.8) is 0 Å². The van der Waals surface area contributed by atoms with Crippen molar-refractivity contribution in [2.24, 2.45) is 0 Å². The maximum Gasteiger partial charge on any atom is 0.135 e. The zero-order valence-corrected chi connectivity index (χ0v) is 18.2. The van der Waals surface area contributed by atoms with Crippen LogP contribution in [0.5, 0.6) is 23.0 Å². The van der Waals surface area contributed by atoms with Gasteiger partial charge in [-0.25, -0.2) is 0 Å². The molecule has 0 heterocycles. The molecule has 2 N–H and O–H groups in total. The lowest BCUT2D eigenvalue weighted by atomic mass is 9.89. The van der Waals surface area contributed by atoms with E-state index in [0.29, 0.717) is 35.8 Å². The Balaban J connectivity index is 2.34. The van der Waals surface area contributed by atoms with Crippen LogP contribution in [0.25, 0.3) is 10.8 Å². The summed E-state index contributed by atoms with van der Waals surface area (Å²) in [5.74, 6) is 3.31. The second-order valence-electron chi connectivity index (χ2n) is 7.44. The molecule has 0 amide bonds. The number of rotatable bonds is 9. The fourth-order valence-electron chi connectivity index (χ4n) is 3.62. The Morgan fingerprint density at radius 1 is 0.867 bits per heavy atom. The highest BCUT2D eigenvalue weighted by atomic mass is 16.5. The summed E-state index contributed by atoms with van der Waals surface area (Å²) < 4.78 is 28.8. The first-order chi connectivity index (χ1) is 14.4. The summed E-state index contributed by atoms with van der Waals surface area (Å²) in [6, 6.07) is 3.67. The molecule has 7 heteroatoms. The van der Waals surface area contributed by atoms with Crippen molar-refractivity contribution in [1.29, 1.82) is 0 Å². The van der Waals surface area contributed by atoms with Gasteiger partial charge in [0.15, 0.2) is 0 Å². The number of hydrogen-bond acceptors (Lipinski definition) is 7. The molecule has 1 aliphatic rings. The molecule has 2 atom stereocenters. The van der Waals surface area contributed by atoms with E-state index in [1.54, 1.807) is 41.2 Å². The van der Waals surface area contributed by atoms with Gasteiger partial charge in [0.25, 0.3) is 0 Å². The fraction of sp³-hybridized carbons (Fsp3) is 0.478. The number of ether oxygens (including phenoxy) is 5. The van der Waals surface area contributed by atoms with E-state index in [9.17, 15) is 10.2 Å². The van der Waals surface area contributed by atoms with E-state index in [1.165, 1.54) is 0 Å². The number of aliphatic hydroxyl groups excluding tert-OH is 2. The van der Waals surface area contributed by atoms with Gasteiger partial charge < -0.3 is 33.9 Å². The third kappa shape index (κ3) is 4.42. The van der Waals surface area contributed by atoms with Gasteiger partial charge in [0.05, 0.1) is 44.7 Å². The minimum atomic E-state index is -0.632. The van der Waals surface area contributed by atoms with Gasteiger partial charge in [0, 0.05) is 29.0 Å². The van der Waals surface area contributed by atoms with E-state index in [4.69, 9.17) is 23.7 Å². The largest absolute Gasteiger partial charge is 0.501 e. The second-order valence-corrected chi connectivity index (χ2v) is 7.44. The highest BCUT2D eigenvalue weighted by Gasteiger charge is 2.28. The summed E-state index contributed by atoms with van der Waals surface area (Å²) in [6.45, 7) is 3.64. The average Bonchev–Trinajstić information content (AvgIpc) is 2.74. The highest BCUT2D eigenvalue weighted by Crippen LogP contribution is 2.49. The molecule has 1 aliphatic carbocycles. The van der Waals surface area contributed by atoms with Crippen LogP contribution < -0.4 is 18.9 Å². The number of hydrogen-bond donors (Lipinski definition) is 2. The van der Waals surface area contributed by atoms with Crippen LogP contribution in [0.2, 0.25) is 0 Å². The van der Waals surface area contributed by atoms with Gasteiger partial charge in [-0.3, -0.25) is 0 Å². The van der Waals surface area contributed by atoms with Crippen LogP contribution in [-0.4, -0.2) is 57.0 Å². The van der Waals surface area contributed by atoms with Gasteiger partial charge in [-0.1, -0.05) is 0 Å². The number of allylic oxidation sites excluding steroid dienone is 2. The topological polar surface area (TPSA) is 86.6 Å². The Morgan fingerprint density at radius 2 is 1.53 bits per heavy atom. The van der Waals surface area contributed by atoms with Crippen LogP contribution in [0.15, 0.2) is 24.0 Å². The van der Waals surface area contributed by atoms with Gasteiger partial charge >= 0.3 is 0 Å². The van der Waals surface area contributed by atoms with Crippen molar-refractivity contribution in [2.45, 2.75) is 38.9 Å². The molecule has 164 valence electrons. The molecule has 2 unspecified atom stereocenters. The molecule has 3 rings (SSSR count). The molecule has 0 aromatic heterocycles. The Morgan fingerprint density at radius 3 is 2.10 bits per heavy atom. The lowest BCUT2D eigenvalue weighted by Crippen LogP contribution is -2.18. The molecule has 0 saturated heterocycles. The van der Waals surface area contributed by atoms with Gasteiger partial charge in [-0.15, -0.1) is 0 Å². The van der Waals surface area contributed by atoms with Crippen molar-refractivity contribution in [3.05, 3.63) is 35.1 Å². The first-order valence-electron chi connectivity index (χ1n) is 9.97. The molecular weight excluding hydrogens is 388 g/mol. The predicted molar refractivity (Wildman–Crippen MR) is 114 cm³/mol. The number of benzene rings is 2. The predicted octanol–water partition coefficient (Wildman–Crippen LogP) is 3.01. The standard InChI is InChI=1S/C23H30O7/c1-13(24)11-29-22-17-7-6-15(26-3)8-18(17)23(30-12-14(2)25)21-19(22)9-16(27-4)10-20(21)28-5/h6,9-10,13-14,24-25H,7-8,11-12H2,1-5H3. The maximum atomic E-state index is 9.83. The second kappa shape index (κ2) is 9.45. The Hall–Kier alpha value is -2.64. The van der Waals surface area contributed by atoms with Crippen LogP contribution in [0.1, 0.15) is 25.0 Å². The molecule has 0 aliphatic heterocycles. The number of methoxy groups -OCH3 is 3. The zero-order valence-electron chi connectivity index (χ0n) is 18.2. The van der Waals surface area contributed by atoms with E-state index in [2.05, 4.69) is 0 Å². The molecule has 0 fully saturated rings. The molecule has 2 aromatic carbocycles. The van der Waals surface area contributed by atoms with Crippen molar-refractivity contribution >= 4 is 10.8 Å². The maximum absolute atomic E-state index is 9.83. The Kier molecular flexibility index (Phi) is 6.95. The van der Waals surface area contributed by atoms with Crippen LogP contribution in [0.4, 0.5) is 0 Å². The summed E-state index contributed by atoms with van der Waals surface area (Å²) in [5.41, 5.74) is 1.88. The first kappa shape index (κ1) is 22.1. The van der Waals surface area contributed by atoms with Gasteiger partial charge in [0.1, 0.15) is 36.2 Å². The van der Waals surface area contributed by atoms with E-state index in [-0.39, 0.29) is 13.2 Å². The van der Waals surface area contributed by atoms with Crippen LogP contribution >= 0.6 is 0 Å². The molecule has 7 nitrogen and oxygen atoms in total. The van der Waals surface area contributed by atoms with Crippen molar-refractivity contribution in [2.75, 3.05) is 34.5 Å².